The maximum atomic E-state index is 14.6. The monoisotopic (exact) mass is 467 g/mol. The van der Waals surface area contributed by atoms with E-state index < -0.39 is 17.4 Å². The molecule has 1 atom stereocenters. The van der Waals surface area contributed by atoms with Gasteiger partial charge in [0.25, 0.3) is 5.91 Å². The molecule has 1 aliphatic carbocycles. The zero-order valence-electron chi connectivity index (χ0n) is 19.0. The highest BCUT2D eigenvalue weighted by Gasteiger charge is 2.35. The number of amides is 3. The molecule has 5 rings (SSSR count). The SMILES string of the molecule is Cc1c(C(=O)N2CC[C@@](C)(O)C2)cn2nccc(Oc3ccc(NC(=O)NC4CC4)c(F)c3)c12. The molecule has 1 saturated heterocycles. The summed E-state index contributed by atoms with van der Waals surface area (Å²) in [6.07, 6.45) is 5.57. The van der Waals surface area contributed by atoms with E-state index in [1.165, 1.54) is 18.3 Å². The third-order valence-electron chi connectivity index (χ3n) is 6.19. The zero-order chi connectivity index (χ0) is 24.0. The number of aryl methyl sites for hydroxylation is 1. The van der Waals surface area contributed by atoms with Gasteiger partial charge in [0.05, 0.1) is 23.0 Å². The Bertz CT molecular complexity index is 1280. The van der Waals surface area contributed by atoms with Crippen LogP contribution in [0.3, 0.4) is 0 Å². The molecule has 3 heterocycles. The molecule has 178 valence electrons. The van der Waals surface area contributed by atoms with E-state index in [1.54, 1.807) is 41.6 Å². The molecule has 10 heteroatoms. The van der Waals surface area contributed by atoms with Crippen molar-refractivity contribution < 1.29 is 23.8 Å². The fourth-order valence-electron chi connectivity index (χ4n) is 4.17. The molecule has 0 bridgehead atoms. The number of rotatable bonds is 5. The lowest BCUT2D eigenvalue weighted by Crippen LogP contribution is -2.34. The minimum atomic E-state index is -0.890. The minimum Gasteiger partial charge on any atom is -0.455 e. The van der Waals surface area contributed by atoms with E-state index >= 15 is 0 Å². The predicted molar refractivity (Wildman–Crippen MR) is 123 cm³/mol. The number of nitrogens with one attached hydrogen (secondary N) is 2. The van der Waals surface area contributed by atoms with E-state index in [-0.39, 0.29) is 29.9 Å². The number of hydrogen-bond donors (Lipinski definition) is 3. The minimum absolute atomic E-state index is 0.0543. The van der Waals surface area contributed by atoms with Crippen molar-refractivity contribution in [2.45, 2.75) is 44.8 Å². The van der Waals surface area contributed by atoms with Crippen LogP contribution in [0, 0.1) is 12.7 Å². The van der Waals surface area contributed by atoms with Crippen molar-refractivity contribution in [3.05, 3.63) is 53.6 Å². The lowest BCUT2D eigenvalue weighted by atomic mass is 10.1. The van der Waals surface area contributed by atoms with Gasteiger partial charge in [0, 0.05) is 37.5 Å². The van der Waals surface area contributed by atoms with Crippen LogP contribution in [0.25, 0.3) is 5.52 Å². The molecule has 9 nitrogen and oxygen atoms in total. The van der Waals surface area contributed by atoms with Gasteiger partial charge in [-0.05, 0) is 50.8 Å². The average molecular weight is 468 g/mol. The number of β-amino-alcohol motifs (C(OH)–C–C–N with tert-alkyl or cyclic N) is 1. The van der Waals surface area contributed by atoms with Crippen molar-refractivity contribution in [1.29, 1.82) is 0 Å². The van der Waals surface area contributed by atoms with Gasteiger partial charge in [-0.25, -0.2) is 13.7 Å². The Morgan fingerprint density at radius 3 is 2.76 bits per heavy atom. The Kier molecular flexibility index (Phi) is 5.40. The normalized spacial score (nSPS) is 19.9. The van der Waals surface area contributed by atoms with Crippen LogP contribution in [0.2, 0.25) is 0 Å². The Morgan fingerprint density at radius 2 is 2.09 bits per heavy atom. The Morgan fingerprint density at radius 1 is 1.29 bits per heavy atom. The van der Waals surface area contributed by atoms with Gasteiger partial charge in [-0.2, -0.15) is 5.10 Å². The Labute approximate surface area is 195 Å². The molecule has 2 aromatic heterocycles. The van der Waals surface area contributed by atoms with Crippen LogP contribution in [0.4, 0.5) is 14.9 Å². The number of likely N-dealkylation sites (tertiary alicyclic amines) is 1. The third-order valence-corrected chi connectivity index (χ3v) is 6.19. The highest BCUT2D eigenvalue weighted by Crippen LogP contribution is 2.33. The number of aliphatic hydroxyl groups is 1. The first kappa shape index (κ1) is 22.1. The molecule has 3 amide bonds. The second-order valence-corrected chi connectivity index (χ2v) is 9.25. The third kappa shape index (κ3) is 4.41. The molecule has 34 heavy (non-hydrogen) atoms. The number of carbonyl (C=O) groups excluding carboxylic acids is 2. The molecule has 3 aromatic rings. The first-order chi connectivity index (χ1) is 16.2. The number of hydrogen-bond acceptors (Lipinski definition) is 5. The fourth-order valence-corrected chi connectivity index (χ4v) is 4.17. The van der Waals surface area contributed by atoms with Crippen molar-refractivity contribution >= 4 is 23.1 Å². The summed E-state index contributed by atoms with van der Waals surface area (Å²) in [7, 11) is 0. The smallest absolute Gasteiger partial charge is 0.319 e. The van der Waals surface area contributed by atoms with E-state index in [9.17, 15) is 19.1 Å². The maximum Gasteiger partial charge on any atom is 0.319 e. The van der Waals surface area contributed by atoms with E-state index in [2.05, 4.69) is 15.7 Å². The lowest BCUT2D eigenvalue weighted by Gasteiger charge is -2.18. The summed E-state index contributed by atoms with van der Waals surface area (Å²) in [5.74, 6) is -0.162. The molecule has 0 unspecified atom stereocenters. The molecule has 1 aliphatic heterocycles. The number of anilines is 1. The van der Waals surface area contributed by atoms with Crippen LogP contribution in [0.5, 0.6) is 11.5 Å². The number of benzene rings is 1. The summed E-state index contributed by atoms with van der Waals surface area (Å²) in [6.45, 7) is 4.27. The number of carbonyl (C=O) groups is 2. The predicted octanol–water partition coefficient (Wildman–Crippen LogP) is 3.45. The fraction of sp³-hybridized carbons (Fsp3) is 0.375. The van der Waals surface area contributed by atoms with Gasteiger partial charge in [-0.15, -0.1) is 0 Å². The molecule has 0 radical (unpaired) electrons. The van der Waals surface area contributed by atoms with Crippen LogP contribution in [-0.2, 0) is 0 Å². The van der Waals surface area contributed by atoms with Crippen molar-refractivity contribution in [3.8, 4) is 11.5 Å². The van der Waals surface area contributed by atoms with Gasteiger partial charge in [-0.1, -0.05) is 0 Å². The molecule has 2 aliphatic rings. The summed E-state index contributed by atoms with van der Waals surface area (Å²) in [5, 5.41) is 19.8. The topological polar surface area (TPSA) is 108 Å². The van der Waals surface area contributed by atoms with E-state index in [4.69, 9.17) is 4.74 Å². The van der Waals surface area contributed by atoms with E-state index in [0.717, 1.165) is 12.8 Å². The molecule has 0 spiro atoms. The van der Waals surface area contributed by atoms with Crippen molar-refractivity contribution in [1.82, 2.24) is 19.8 Å². The summed E-state index contributed by atoms with van der Waals surface area (Å²) in [4.78, 5) is 26.6. The number of nitrogens with zero attached hydrogens (tertiary/aromatic N) is 3. The number of aromatic nitrogens is 2. The van der Waals surface area contributed by atoms with Crippen molar-refractivity contribution in [2.75, 3.05) is 18.4 Å². The summed E-state index contributed by atoms with van der Waals surface area (Å²) in [5.41, 5.74) is 0.893. The number of ether oxygens (including phenoxy) is 1. The van der Waals surface area contributed by atoms with Gasteiger partial charge < -0.3 is 25.4 Å². The second kappa shape index (κ2) is 8.28. The molecule has 1 aromatic carbocycles. The highest BCUT2D eigenvalue weighted by atomic mass is 19.1. The first-order valence-corrected chi connectivity index (χ1v) is 11.2. The van der Waals surface area contributed by atoms with Crippen molar-refractivity contribution in [2.24, 2.45) is 0 Å². The van der Waals surface area contributed by atoms with Crippen LogP contribution in [-0.4, -0.2) is 56.3 Å². The Hall–Kier alpha value is -3.66. The molecular weight excluding hydrogens is 441 g/mol. The standard InChI is InChI=1S/C24H26FN5O4/c1-14-17(22(31)29-10-8-24(2,33)13-29)12-30-21(14)20(7-9-26-30)34-16-5-6-19(18(25)11-16)28-23(32)27-15-3-4-15/h5-7,9,11-12,15,33H,3-4,8,10,13H2,1-2H3,(H2,27,28,32)/t24-/m1/s1. The number of halogens is 1. The van der Waals surface area contributed by atoms with Crippen LogP contribution >= 0.6 is 0 Å². The maximum absolute atomic E-state index is 14.6. The molecule has 1 saturated carbocycles. The summed E-state index contributed by atoms with van der Waals surface area (Å²) >= 11 is 0. The van der Waals surface area contributed by atoms with Gasteiger partial charge >= 0.3 is 6.03 Å². The molecular formula is C24H26FN5O4. The van der Waals surface area contributed by atoms with Gasteiger partial charge in [0.1, 0.15) is 17.1 Å². The van der Waals surface area contributed by atoms with Crippen molar-refractivity contribution in [3.63, 3.8) is 0 Å². The quantitative estimate of drug-likeness (QED) is 0.533. The largest absolute Gasteiger partial charge is 0.455 e. The lowest BCUT2D eigenvalue weighted by molar-refractivity contribution is 0.0572. The molecule has 3 N–H and O–H groups in total. The van der Waals surface area contributed by atoms with E-state index in [1.807, 2.05) is 0 Å². The summed E-state index contributed by atoms with van der Waals surface area (Å²) < 4.78 is 22.1. The highest BCUT2D eigenvalue weighted by molar-refractivity contribution is 5.98. The molecule has 2 fully saturated rings. The second-order valence-electron chi connectivity index (χ2n) is 9.25. The summed E-state index contributed by atoms with van der Waals surface area (Å²) in [6, 6.07) is 5.56. The van der Waals surface area contributed by atoms with Gasteiger partial charge in [-0.3, -0.25) is 4.79 Å². The first-order valence-electron chi connectivity index (χ1n) is 11.2. The van der Waals surface area contributed by atoms with Crippen LogP contribution in [0.15, 0.2) is 36.7 Å². The Balaban J connectivity index is 1.37. The van der Waals surface area contributed by atoms with Crippen LogP contribution in [0.1, 0.15) is 42.1 Å². The number of fused-ring (bicyclic) bond motifs is 1. The average Bonchev–Trinajstić information content (AvgIpc) is 3.42. The van der Waals surface area contributed by atoms with Crippen LogP contribution < -0.4 is 15.4 Å². The van der Waals surface area contributed by atoms with E-state index in [0.29, 0.717) is 35.4 Å². The van der Waals surface area contributed by atoms with Gasteiger partial charge in [0.15, 0.2) is 5.75 Å². The van der Waals surface area contributed by atoms with Gasteiger partial charge in [0.2, 0.25) is 0 Å². The number of urea groups is 1. The zero-order valence-corrected chi connectivity index (χ0v) is 19.0.